The molecular formula is C21H24Cl2N4O4S. The van der Waals surface area contributed by atoms with E-state index in [0.29, 0.717) is 37.6 Å². The lowest BCUT2D eigenvalue weighted by atomic mass is 10.2. The van der Waals surface area contributed by atoms with E-state index in [0.717, 1.165) is 5.56 Å². The van der Waals surface area contributed by atoms with E-state index in [1.54, 1.807) is 24.3 Å². The number of phenols is 1. The number of hydrazone groups is 1. The predicted molar refractivity (Wildman–Crippen MR) is 125 cm³/mol. The number of carbonyl (C=O) groups is 1. The maximum Gasteiger partial charge on any atom is 0.254 e. The van der Waals surface area contributed by atoms with Crippen molar-refractivity contribution in [2.75, 3.05) is 32.7 Å². The van der Waals surface area contributed by atoms with E-state index < -0.39 is 10.0 Å². The van der Waals surface area contributed by atoms with Crippen LogP contribution >= 0.6 is 23.2 Å². The predicted octanol–water partition coefficient (Wildman–Crippen LogP) is 2.85. The number of hydrogen-bond acceptors (Lipinski definition) is 6. The lowest BCUT2D eigenvalue weighted by molar-refractivity contribution is -0.122. The van der Waals surface area contributed by atoms with Crippen molar-refractivity contribution >= 4 is 45.3 Å². The molecule has 0 radical (unpaired) electrons. The molecule has 0 spiro atoms. The normalized spacial score (nSPS) is 16.2. The lowest BCUT2D eigenvalue weighted by Gasteiger charge is -2.21. The fraction of sp³-hybridized carbons (Fsp3) is 0.333. The van der Waals surface area contributed by atoms with E-state index in [-0.39, 0.29) is 33.7 Å². The third-order valence-electron chi connectivity index (χ3n) is 5.02. The maximum absolute atomic E-state index is 12.9. The first kappa shape index (κ1) is 24.5. The van der Waals surface area contributed by atoms with Crippen LogP contribution in [0.5, 0.6) is 5.75 Å². The van der Waals surface area contributed by atoms with Gasteiger partial charge in [-0.2, -0.15) is 9.41 Å². The van der Waals surface area contributed by atoms with E-state index in [2.05, 4.69) is 10.5 Å². The van der Waals surface area contributed by atoms with Crippen LogP contribution in [-0.4, -0.2) is 67.6 Å². The summed E-state index contributed by atoms with van der Waals surface area (Å²) >= 11 is 11.8. The lowest BCUT2D eigenvalue weighted by Crippen LogP contribution is -2.39. The Balaban J connectivity index is 1.54. The van der Waals surface area contributed by atoms with Crippen LogP contribution in [0.25, 0.3) is 0 Å². The zero-order chi connectivity index (χ0) is 23.3. The molecule has 1 amide bonds. The number of sulfonamides is 1. The molecule has 1 saturated heterocycles. The van der Waals surface area contributed by atoms with E-state index in [4.69, 9.17) is 23.2 Å². The van der Waals surface area contributed by atoms with Gasteiger partial charge in [-0.05, 0) is 44.2 Å². The van der Waals surface area contributed by atoms with Crippen molar-refractivity contribution in [2.45, 2.75) is 18.2 Å². The molecule has 0 bridgehead atoms. The molecule has 1 aliphatic heterocycles. The Hall–Kier alpha value is -2.17. The van der Waals surface area contributed by atoms with Crippen molar-refractivity contribution < 1.29 is 18.3 Å². The summed E-state index contributed by atoms with van der Waals surface area (Å²) in [5.74, 6) is -0.542. The molecule has 1 heterocycles. The third kappa shape index (κ3) is 6.20. The molecule has 0 unspecified atom stereocenters. The highest BCUT2D eigenvalue weighted by atomic mass is 35.5. The van der Waals surface area contributed by atoms with Gasteiger partial charge in [0, 0.05) is 30.2 Å². The number of phenolic OH excluding ortho intramolecular Hbond substituents is 1. The highest BCUT2D eigenvalue weighted by Gasteiger charge is 2.27. The molecule has 0 aromatic heterocycles. The van der Waals surface area contributed by atoms with E-state index >= 15 is 0 Å². The minimum atomic E-state index is -3.57. The largest absolute Gasteiger partial charge is 0.506 e. The van der Waals surface area contributed by atoms with Gasteiger partial charge in [0.05, 0.1) is 22.7 Å². The first-order valence-corrected chi connectivity index (χ1v) is 12.2. The quantitative estimate of drug-likeness (QED) is 0.470. The Morgan fingerprint density at radius 1 is 1.16 bits per heavy atom. The number of amides is 1. The minimum absolute atomic E-state index is 0.0675. The Bertz CT molecular complexity index is 1110. The highest BCUT2D eigenvalue weighted by Crippen LogP contribution is 2.29. The van der Waals surface area contributed by atoms with Gasteiger partial charge in [-0.25, -0.2) is 13.8 Å². The molecule has 2 aromatic carbocycles. The molecule has 0 saturated carbocycles. The zero-order valence-electron chi connectivity index (χ0n) is 17.5. The summed E-state index contributed by atoms with van der Waals surface area (Å²) in [4.78, 5) is 14.4. The molecule has 0 atom stereocenters. The first-order chi connectivity index (χ1) is 15.2. The van der Waals surface area contributed by atoms with E-state index in [1.165, 1.54) is 22.7 Å². The third-order valence-corrected chi connectivity index (χ3v) is 7.44. The van der Waals surface area contributed by atoms with Gasteiger partial charge in [0.1, 0.15) is 5.75 Å². The van der Waals surface area contributed by atoms with Crippen molar-refractivity contribution in [1.29, 1.82) is 0 Å². The van der Waals surface area contributed by atoms with Gasteiger partial charge in [-0.1, -0.05) is 40.9 Å². The summed E-state index contributed by atoms with van der Waals surface area (Å²) in [6.07, 6.45) is 1.86. The second kappa shape index (κ2) is 10.6. The molecule has 8 nitrogen and oxygen atoms in total. The SMILES string of the molecule is Cc1ccc(S(=O)(=O)N2CCCN(CC(=O)N/N=C/c3cc(Cl)cc(Cl)c3O)CC2)cc1. The monoisotopic (exact) mass is 498 g/mol. The maximum atomic E-state index is 12.9. The van der Waals surface area contributed by atoms with Gasteiger partial charge >= 0.3 is 0 Å². The van der Waals surface area contributed by atoms with Crippen LogP contribution in [0.4, 0.5) is 0 Å². The van der Waals surface area contributed by atoms with Crippen LogP contribution in [0.3, 0.4) is 0 Å². The zero-order valence-corrected chi connectivity index (χ0v) is 19.8. The summed E-state index contributed by atoms with van der Waals surface area (Å²) in [6.45, 7) is 3.66. The fourth-order valence-corrected chi connectivity index (χ4v) is 5.28. The Morgan fingerprint density at radius 3 is 2.59 bits per heavy atom. The summed E-state index contributed by atoms with van der Waals surface area (Å²) in [5.41, 5.74) is 3.66. The summed E-state index contributed by atoms with van der Waals surface area (Å²) < 4.78 is 27.3. The fourth-order valence-electron chi connectivity index (χ4n) is 3.30. The minimum Gasteiger partial charge on any atom is -0.506 e. The molecular weight excluding hydrogens is 475 g/mol. The topological polar surface area (TPSA) is 102 Å². The van der Waals surface area contributed by atoms with E-state index in [9.17, 15) is 18.3 Å². The molecule has 11 heteroatoms. The van der Waals surface area contributed by atoms with E-state index in [1.807, 2.05) is 11.8 Å². The summed E-state index contributed by atoms with van der Waals surface area (Å²) in [5, 5.41) is 14.2. The van der Waals surface area contributed by atoms with Crippen LogP contribution in [0.1, 0.15) is 17.5 Å². The smallest absolute Gasteiger partial charge is 0.254 e. The highest BCUT2D eigenvalue weighted by molar-refractivity contribution is 7.89. The average molecular weight is 499 g/mol. The average Bonchev–Trinajstić information content (AvgIpc) is 2.98. The van der Waals surface area contributed by atoms with Crippen LogP contribution < -0.4 is 5.43 Å². The van der Waals surface area contributed by atoms with Crippen molar-refractivity contribution in [3.05, 3.63) is 57.6 Å². The van der Waals surface area contributed by atoms with Crippen LogP contribution in [-0.2, 0) is 14.8 Å². The number of rotatable bonds is 6. The van der Waals surface area contributed by atoms with Gasteiger partial charge < -0.3 is 5.11 Å². The molecule has 1 aliphatic rings. The van der Waals surface area contributed by atoms with Crippen molar-refractivity contribution in [2.24, 2.45) is 5.10 Å². The summed E-state index contributed by atoms with van der Waals surface area (Å²) in [6, 6.07) is 9.65. The first-order valence-electron chi connectivity index (χ1n) is 9.96. The number of nitrogens with one attached hydrogen (secondary N) is 1. The van der Waals surface area contributed by atoms with Gasteiger partial charge in [0.2, 0.25) is 10.0 Å². The second-order valence-electron chi connectivity index (χ2n) is 7.47. The molecule has 172 valence electrons. The summed E-state index contributed by atoms with van der Waals surface area (Å²) in [7, 11) is -3.57. The standard InChI is InChI=1S/C21H24Cl2N4O4S/c1-15-3-5-18(6-4-15)32(30,31)27-8-2-7-26(9-10-27)14-20(28)25-24-13-16-11-17(22)12-19(23)21(16)29/h3-6,11-13,29H,2,7-10,14H2,1H3,(H,25,28)/b24-13+. The Kier molecular flexibility index (Phi) is 8.13. The van der Waals surface area contributed by atoms with Gasteiger partial charge in [0.15, 0.2) is 0 Å². The van der Waals surface area contributed by atoms with Gasteiger partial charge in [0.25, 0.3) is 5.91 Å². The van der Waals surface area contributed by atoms with Crippen LogP contribution in [0, 0.1) is 6.92 Å². The number of halogens is 2. The van der Waals surface area contributed by atoms with Crippen molar-refractivity contribution in [1.82, 2.24) is 14.6 Å². The number of aryl methyl sites for hydroxylation is 1. The Labute approximate surface area is 197 Å². The molecule has 2 N–H and O–H groups in total. The second-order valence-corrected chi connectivity index (χ2v) is 10.2. The number of benzene rings is 2. The Morgan fingerprint density at radius 2 is 1.88 bits per heavy atom. The molecule has 2 aromatic rings. The van der Waals surface area contributed by atoms with Crippen molar-refractivity contribution in [3.63, 3.8) is 0 Å². The molecule has 0 aliphatic carbocycles. The number of nitrogens with zero attached hydrogens (tertiary/aromatic N) is 3. The number of hydrogen-bond donors (Lipinski definition) is 2. The number of carbonyl (C=O) groups excluding carboxylic acids is 1. The molecule has 32 heavy (non-hydrogen) atoms. The molecule has 1 fully saturated rings. The van der Waals surface area contributed by atoms with Gasteiger partial charge in [-0.3, -0.25) is 9.69 Å². The van der Waals surface area contributed by atoms with Crippen molar-refractivity contribution in [3.8, 4) is 5.75 Å². The van der Waals surface area contributed by atoms with Crippen LogP contribution in [0.15, 0.2) is 46.4 Å². The molecule has 3 rings (SSSR count). The van der Waals surface area contributed by atoms with Gasteiger partial charge in [-0.15, -0.1) is 0 Å². The van der Waals surface area contributed by atoms with Crippen LogP contribution in [0.2, 0.25) is 10.0 Å². The number of aromatic hydroxyl groups is 1.